The van der Waals surface area contributed by atoms with Crippen LogP contribution in [0.1, 0.15) is 19.3 Å². The maximum absolute atomic E-state index is 5.97. The van der Waals surface area contributed by atoms with Crippen LogP contribution in [0.25, 0.3) is 0 Å². The zero-order chi connectivity index (χ0) is 14.7. The summed E-state index contributed by atoms with van der Waals surface area (Å²) in [6.07, 6.45) is 2.96. The number of nitrogens with one attached hydrogen (secondary N) is 1. The first-order valence-electron chi connectivity index (χ1n) is 7.45. The first kappa shape index (κ1) is 14.5. The molecular weight excluding hydrogens is 270 g/mol. The van der Waals surface area contributed by atoms with Crippen LogP contribution in [-0.4, -0.2) is 45.7 Å². The monoisotopic (exact) mass is 293 g/mol. The van der Waals surface area contributed by atoms with Crippen LogP contribution in [0, 0.1) is 0 Å². The van der Waals surface area contributed by atoms with E-state index in [2.05, 4.69) is 5.32 Å². The number of anilines is 1. The first-order valence-corrected chi connectivity index (χ1v) is 7.45. The van der Waals surface area contributed by atoms with E-state index in [0.29, 0.717) is 12.6 Å². The average molecular weight is 293 g/mol. The van der Waals surface area contributed by atoms with E-state index >= 15 is 0 Å². The third-order valence-electron chi connectivity index (χ3n) is 4.33. The van der Waals surface area contributed by atoms with Crippen molar-refractivity contribution in [2.45, 2.75) is 30.9 Å². The Balaban J connectivity index is 1.71. The summed E-state index contributed by atoms with van der Waals surface area (Å²) in [5, 5.41) is 3.59. The highest BCUT2D eigenvalue weighted by molar-refractivity contribution is 5.59. The predicted octanol–water partition coefficient (Wildman–Crippen LogP) is 2.45. The van der Waals surface area contributed by atoms with Crippen molar-refractivity contribution in [2.24, 2.45) is 0 Å². The molecule has 5 heteroatoms. The van der Waals surface area contributed by atoms with Gasteiger partial charge < -0.3 is 24.3 Å². The molecule has 5 nitrogen and oxygen atoms in total. The largest absolute Gasteiger partial charge is 0.497 e. The molecule has 3 rings (SSSR count). The minimum atomic E-state index is -0.0877. The molecule has 0 aromatic heterocycles. The Morgan fingerprint density at radius 1 is 1.24 bits per heavy atom. The summed E-state index contributed by atoms with van der Waals surface area (Å²) in [6, 6.07) is 6.22. The summed E-state index contributed by atoms with van der Waals surface area (Å²) in [5.74, 6) is 1.60. The van der Waals surface area contributed by atoms with Crippen molar-refractivity contribution in [1.29, 1.82) is 0 Å². The Bertz CT molecular complexity index is 485. The van der Waals surface area contributed by atoms with Gasteiger partial charge in [-0.3, -0.25) is 0 Å². The van der Waals surface area contributed by atoms with Crippen LogP contribution in [-0.2, 0) is 9.47 Å². The first-order chi connectivity index (χ1) is 10.2. The highest BCUT2D eigenvalue weighted by Crippen LogP contribution is 2.36. The van der Waals surface area contributed by atoms with Crippen LogP contribution in [0.4, 0.5) is 5.69 Å². The highest BCUT2D eigenvalue weighted by atomic mass is 16.6. The van der Waals surface area contributed by atoms with Gasteiger partial charge >= 0.3 is 0 Å². The second kappa shape index (κ2) is 6.12. The van der Waals surface area contributed by atoms with E-state index in [4.69, 9.17) is 18.9 Å². The number of ether oxygens (including phenoxy) is 4. The number of methoxy groups -OCH3 is 2. The number of hydrogen-bond acceptors (Lipinski definition) is 5. The molecule has 2 atom stereocenters. The molecular formula is C16H23NO4. The number of hydrogen-bond donors (Lipinski definition) is 1. The molecule has 2 saturated heterocycles. The summed E-state index contributed by atoms with van der Waals surface area (Å²) in [7, 11) is 3.33. The van der Waals surface area contributed by atoms with Gasteiger partial charge in [-0.1, -0.05) is 0 Å². The smallest absolute Gasteiger partial charge is 0.145 e. The average Bonchev–Trinajstić information content (AvgIpc) is 2.95. The van der Waals surface area contributed by atoms with E-state index in [1.807, 2.05) is 18.2 Å². The van der Waals surface area contributed by atoms with E-state index in [-0.39, 0.29) is 5.60 Å². The topological polar surface area (TPSA) is 49.0 Å². The third-order valence-corrected chi connectivity index (χ3v) is 4.33. The van der Waals surface area contributed by atoms with Gasteiger partial charge in [0.25, 0.3) is 0 Å². The Morgan fingerprint density at radius 3 is 2.86 bits per heavy atom. The van der Waals surface area contributed by atoms with E-state index in [1.54, 1.807) is 14.2 Å². The highest BCUT2D eigenvalue weighted by Gasteiger charge is 2.41. The van der Waals surface area contributed by atoms with Gasteiger partial charge in [-0.2, -0.15) is 0 Å². The molecule has 1 aromatic carbocycles. The standard InChI is InChI=1S/C16H23NO4/c1-18-13-3-4-14(15(9-13)19-2)17-12-5-7-21-16(10-12)6-8-20-11-16/h3-4,9,12,17H,5-8,10-11H2,1-2H3. The van der Waals surface area contributed by atoms with E-state index in [1.165, 1.54) is 0 Å². The molecule has 2 aliphatic rings. The Kier molecular flexibility index (Phi) is 4.22. The molecule has 21 heavy (non-hydrogen) atoms. The molecule has 0 radical (unpaired) electrons. The molecule has 2 fully saturated rings. The van der Waals surface area contributed by atoms with Crippen molar-refractivity contribution < 1.29 is 18.9 Å². The summed E-state index contributed by atoms with van der Waals surface area (Å²) in [5.41, 5.74) is 0.912. The molecule has 0 saturated carbocycles. The van der Waals surface area contributed by atoms with Crippen LogP contribution in [0.3, 0.4) is 0 Å². The van der Waals surface area contributed by atoms with E-state index in [9.17, 15) is 0 Å². The van der Waals surface area contributed by atoms with Crippen LogP contribution >= 0.6 is 0 Å². The fraction of sp³-hybridized carbons (Fsp3) is 0.625. The minimum absolute atomic E-state index is 0.0877. The van der Waals surface area contributed by atoms with Gasteiger partial charge in [-0.05, 0) is 25.0 Å². The Labute approximate surface area is 125 Å². The molecule has 2 aliphatic heterocycles. The van der Waals surface area contributed by atoms with Gasteiger partial charge in [0.05, 0.1) is 32.1 Å². The van der Waals surface area contributed by atoms with Crippen molar-refractivity contribution in [3.8, 4) is 11.5 Å². The zero-order valence-electron chi connectivity index (χ0n) is 12.7. The zero-order valence-corrected chi connectivity index (χ0v) is 12.7. The van der Waals surface area contributed by atoms with Crippen molar-refractivity contribution in [1.82, 2.24) is 0 Å². The van der Waals surface area contributed by atoms with Crippen LogP contribution < -0.4 is 14.8 Å². The fourth-order valence-corrected chi connectivity index (χ4v) is 3.15. The van der Waals surface area contributed by atoms with Crippen molar-refractivity contribution in [3.63, 3.8) is 0 Å². The van der Waals surface area contributed by atoms with E-state index < -0.39 is 0 Å². The lowest BCUT2D eigenvalue weighted by molar-refractivity contribution is -0.0828. The SMILES string of the molecule is COc1ccc(NC2CCOC3(CCOC3)C2)c(OC)c1. The lowest BCUT2D eigenvalue weighted by Gasteiger charge is -2.37. The van der Waals surface area contributed by atoms with Gasteiger partial charge in [-0.25, -0.2) is 0 Å². The van der Waals surface area contributed by atoms with Gasteiger partial charge in [0.2, 0.25) is 0 Å². The van der Waals surface area contributed by atoms with Gasteiger partial charge in [0.15, 0.2) is 0 Å². The van der Waals surface area contributed by atoms with E-state index in [0.717, 1.165) is 49.7 Å². The van der Waals surface area contributed by atoms with Crippen molar-refractivity contribution >= 4 is 5.69 Å². The predicted molar refractivity (Wildman–Crippen MR) is 80.3 cm³/mol. The quantitative estimate of drug-likeness (QED) is 0.924. The molecule has 1 aromatic rings. The lowest BCUT2D eigenvalue weighted by Crippen LogP contribution is -2.44. The van der Waals surface area contributed by atoms with Gasteiger partial charge in [0, 0.05) is 31.7 Å². The molecule has 0 bridgehead atoms. The molecule has 2 unspecified atom stereocenters. The molecule has 1 N–H and O–H groups in total. The maximum Gasteiger partial charge on any atom is 0.145 e. The van der Waals surface area contributed by atoms with Gasteiger partial charge in [0.1, 0.15) is 11.5 Å². The summed E-state index contributed by atoms with van der Waals surface area (Å²) in [4.78, 5) is 0. The number of rotatable bonds is 4. The van der Waals surface area contributed by atoms with Crippen LogP contribution in [0.2, 0.25) is 0 Å². The third kappa shape index (κ3) is 3.09. The second-order valence-electron chi connectivity index (χ2n) is 5.73. The van der Waals surface area contributed by atoms with Crippen molar-refractivity contribution in [2.75, 3.05) is 39.4 Å². The number of benzene rings is 1. The maximum atomic E-state index is 5.97. The second-order valence-corrected chi connectivity index (χ2v) is 5.73. The van der Waals surface area contributed by atoms with Crippen LogP contribution in [0.15, 0.2) is 18.2 Å². The molecule has 2 heterocycles. The molecule has 0 aliphatic carbocycles. The summed E-state index contributed by atoms with van der Waals surface area (Å²) in [6.45, 7) is 2.29. The van der Waals surface area contributed by atoms with Crippen molar-refractivity contribution in [3.05, 3.63) is 18.2 Å². The summed E-state index contributed by atoms with van der Waals surface area (Å²) < 4.78 is 22.2. The molecule has 1 spiro atoms. The van der Waals surface area contributed by atoms with Crippen LogP contribution in [0.5, 0.6) is 11.5 Å². The Morgan fingerprint density at radius 2 is 2.14 bits per heavy atom. The lowest BCUT2D eigenvalue weighted by atomic mass is 9.89. The molecule has 0 amide bonds. The van der Waals surface area contributed by atoms with Gasteiger partial charge in [-0.15, -0.1) is 0 Å². The Hall–Kier alpha value is -1.46. The molecule has 116 valence electrons. The summed E-state index contributed by atoms with van der Waals surface area (Å²) >= 11 is 0. The normalized spacial score (nSPS) is 28.6. The fourth-order valence-electron chi connectivity index (χ4n) is 3.15. The minimum Gasteiger partial charge on any atom is -0.497 e.